The monoisotopic (exact) mass is 144 g/mol. The molecule has 10 heavy (non-hydrogen) atoms. The van der Waals surface area contributed by atoms with E-state index in [1.54, 1.807) is 13.8 Å². The predicted molar refractivity (Wildman–Crippen MR) is 36.5 cm³/mol. The first-order valence-corrected chi connectivity index (χ1v) is 3.27. The molecule has 1 atom stereocenters. The van der Waals surface area contributed by atoms with E-state index < -0.39 is 6.10 Å². The number of carbonyl (C=O) groups is 2. The van der Waals surface area contributed by atoms with Crippen molar-refractivity contribution in [2.24, 2.45) is 0 Å². The summed E-state index contributed by atoms with van der Waals surface area (Å²) in [6.07, 6.45) is -0.273. The van der Waals surface area contributed by atoms with Crippen molar-refractivity contribution < 1.29 is 14.3 Å². The molecule has 3 nitrogen and oxygen atoms in total. The second-order valence-electron chi connectivity index (χ2n) is 2.10. The zero-order chi connectivity index (χ0) is 8.15. The van der Waals surface area contributed by atoms with Crippen molar-refractivity contribution in [1.82, 2.24) is 0 Å². The van der Waals surface area contributed by atoms with Gasteiger partial charge in [-0.25, -0.2) is 0 Å². The highest BCUT2D eigenvalue weighted by Crippen LogP contribution is 1.94. The molecule has 0 N–H and O–H groups in total. The second-order valence-corrected chi connectivity index (χ2v) is 2.10. The van der Waals surface area contributed by atoms with Crippen LogP contribution in [0.15, 0.2) is 0 Å². The summed E-state index contributed by atoms with van der Waals surface area (Å²) in [7, 11) is 0. The van der Waals surface area contributed by atoms with Gasteiger partial charge in [0.05, 0.1) is 0 Å². The smallest absolute Gasteiger partial charge is 0.306 e. The second kappa shape index (κ2) is 4.04. The highest BCUT2D eigenvalue weighted by molar-refractivity contribution is 5.82. The Morgan fingerprint density at radius 1 is 1.50 bits per heavy atom. The fourth-order valence-electron chi connectivity index (χ4n) is 0.363. The van der Waals surface area contributed by atoms with E-state index in [4.69, 9.17) is 0 Å². The summed E-state index contributed by atoms with van der Waals surface area (Å²) in [6, 6.07) is 0. The molecule has 0 aromatic carbocycles. The van der Waals surface area contributed by atoms with Crippen LogP contribution in [0.5, 0.6) is 0 Å². The molecule has 0 aromatic rings. The van der Waals surface area contributed by atoms with Crippen LogP contribution in [-0.4, -0.2) is 17.9 Å². The minimum Gasteiger partial charge on any atom is -0.455 e. The maximum atomic E-state index is 10.6. The number of hydrogen-bond acceptors (Lipinski definition) is 3. The van der Waals surface area contributed by atoms with Gasteiger partial charge in [0, 0.05) is 6.42 Å². The van der Waals surface area contributed by atoms with E-state index in [9.17, 15) is 9.59 Å². The van der Waals surface area contributed by atoms with E-state index in [0.29, 0.717) is 6.42 Å². The minimum absolute atomic E-state index is 0.123. The van der Waals surface area contributed by atoms with Crippen molar-refractivity contribution in [2.45, 2.75) is 33.3 Å². The third-order valence-electron chi connectivity index (χ3n) is 1.17. The number of ketones is 1. The molecular formula is C7H12O3. The van der Waals surface area contributed by atoms with Crippen LogP contribution in [0.4, 0.5) is 0 Å². The van der Waals surface area contributed by atoms with Crippen LogP contribution in [0.2, 0.25) is 0 Å². The number of carbonyl (C=O) groups excluding carboxylic acids is 2. The molecule has 0 radical (unpaired) electrons. The average Bonchev–Trinajstić information content (AvgIpc) is 1.87. The van der Waals surface area contributed by atoms with Crippen LogP contribution < -0.4 is 0 Å². The van der Waals surface area contributed by atoms with Crippen LogP contribution in [0.25, 0.3) is 0 Å². The first-order chi connectivity index (χ1) is 4.57. The molecule has 58 valence electrons. The molecule has 0 fully saturated rings. The van der Waals surface area contributed by atoms with Crippen molar-refractivity contribution in [1.29, 1.82) is 0 Å². The summed E-state index contributed by atoms with van der Waals surface area (Å²) >= 11 is 0. The molecule has 0 saturated carbocycles. The van der Waals surface area contributed by atoms with Crippen molar-refractivity contribution in [3.63, 3.8) is 0 Å². The van der Waals surface area contributed by atoms with E-state index >= 15 is 0 Å². The lowest BCUT2D eigenvalue weighted by Crippen LogP contribution is -2.21. The summed E-state index contributed by atoms with van der Waals surface area (Å²) in [6.45, 7) is 4.65. The predicted octanol–water partition coefficient (Wildman–Crippen LogP) is 0.917. The van der Waals surface area contributed by atoms with E-state index in [1.807, 2.05) is 0 Å². The summed E-state index contributed by atoms with van der Waals surface area (Å²) in [5.74, 6) is -0.454. The lowest BCUT2D eigenvalue weighted by molar-refractivity contribution is -0.153. The molecular weight excluding hydrogens is 132 g/mol. The maximum absolute atomic E-state index is 10.6. The van der Waals surface area contributed by atoms with Gasteiger partial charge in [-0.3, -0.25) is 9.59 Å². The topological polar surface area (TPSA) is 43.4 Å². The summed E-state index contributed by atoms with van der Waals surface area (Å²) < 4.78 is 4.67. The molecule has 0 spiro atoms. The van der Waals surface area contributed by atoms with Gasteiger partial charge in [0.1, 0.15) is 0 Å². The van der Waals surface area contributed by atoms with Gasteiger partial charge < -0.3 is 4.74 Å². The Hall–Kier alpha value is -0.860. The average molecular weight is 144 g/mol. The van der Waals surface area contributed by atoms with Crippen LogP contribution in [-0.2, 0) is 14.3 Å². The molecule has 0 aromatic heterocycles. The van der Waals surface area contributed by atoms with E-state index in [0.717, 1.165) is 0 Å². The summed E-state index contributed by atoms with van der Waals surface area (Å²) in [5.41, 5.74) is 0. The summed E-state index contributed by atoms with van der Waals surface area (Å²) in [4.78, 5) is 21.1. The van der Waals surface area contributed by atoms with Gasteiger partial charge in [0.15, 0.2) is 11.9 Å². The highest BCUT2D eigenvalue weighted by Gasteiger charge is 2.10. The van der Waals surface area contributed by atoms with Gasteiger partial charge in [0.2, 0.25) is 0 Å². The fraction of sp³-hybridized carbons (Fsp3) is 0.714. The van der Waals surface area contributed by atoms with Crippen molar-refractivity contribution in [2.75, 3.05) is 0 Å². The molecule has 3 heteroatoms. The number of hydrogen-bond donors (Lipinski definition) is 0. The summed E-state index contributed by atoms with van der Waals surface area (Å²) in [5, 5.41) is 0. The normalized spacial score (nSPS) is 12.3. The fourth-order valence-corrected chi connectivity index (χ4v) is 0.363. The largest absolute Gasteiger partial charge is 0.455 e. The van der Waals surface area contributed by atoms with Crippen molar-refractivity contribution >= 4 is 11.8 Å². The highest BCUT2D eigenvalue weighted by atomic mass is 16.5. The molecule has 0 heterocycles. The molecule has 0 aliphatic heterocycles. The molecule has 0 rings (SSSR count). The first-order valence-electron chi connectivity index (χ1n) is 3.27. The van der Waals surface area contributed by atoms with Crippen LogP contribution in [0.1, 0.15) is 27.2 Å². The Balaban J connectivity index is 3.68. The molecule has 0 saturated heterocycles. The Labute approximate surface area is 60.4 Å². The molecule has 1 unspecified atom stereocenters. The van der Waals surface area contributed by atoms with E-state index in [-0.39, 0.29) is 11.8 Å². The SMILES string of the molecule is CCC(=O)OC(C)C(C)=O. The van der Waals surface area contributed by atoms with Gasteiger partial charge in [-0.2, -0.15) is 0 Å². The lowest BCUT2D eigenvalue weighted by Gasteiger charge is -2.07. The Morgan fingerprint density at radius 3 is 2.30 bits per heavy atom. The minimum atomic E-state index is -0.590. The molecule has 0 aliphatic carbocycles. The van der Waals surface area contributed by atoms with Crippen LogP contribution in [0.3, 0.4) is 0 Å². The molecule has 0 amide bonds. The number of esters is 1. The third-order valence-corrected chi connectivity index (χ3v) is 1.17. The van der Waals surface area contributed by atoms with Crippen molar-refractivity contribution in [3.05, 3.63) is 0 Å². The third kappa shape index (κ3) is 3.22. The van der Waals surface area contributed by atoms with Gasteiger partial charge in [-0.15, -0.1) is 0 Å². The van der Waals surface area contributed by atoms with Gasteiger partial charge in [-0.05, 0) is 13.8 Å². The quantitative estimate of drug-likeness (QED) is 0.553. The van der Waals surface area contributed by atoms with E-state index in [1.165, 1.54) is 6.92 Å². The van der Waals surface area contributed by atoms with Crippen LogP contribution >= 0.6 is 0 Å². The number of rotatable bonds is 3. The zero-order valence-corrected chi connectivity index (χ0v) is 6.51. The van der Waals surface area contributed by atoms with Crippen molar-refractivity contribution in [3.8, 4) is 0 Å². The van der Waals surface area contributed by atoms with E-state index in [2.05, 4.69) is 4.74 Å². The van der Waals surface area contributed by atoms with Gasteiger partial charge >= 0.3 is 5.97 Å². The maximum Gasteiger partial charge on any atom is 0.306 e. The Kier molecular flexibility index (Phi) is 3.69. The number of ether oxygens (including phenoxy) is 1. The number of Topliss-reactive ketones (excluding diaryl/α,β-unsaturated/α-hetero) is 1. The molecule has 0 bridgehead atoms. The van der Waals surface area contributed by atoms with Crippen LogP contribution in [0, 0.1) is 0 Å². The van der Waals surface area contributed by atoms with Gasteiger partial charge in [0.25, 0.3) is 0 Å². The Bertz CT molecular complexity index is 140. The van der Waals surface area contributed by atoms with Gasteiger partial charge in [-0.1, -0.05) is 6.92 Å². The zero-order valence-electron chi connectivity index (χ0n) is 6.51. The standard InChI is InChI=1S/C7H12O3/c1-4-7(9)10-6(3)5(2)8/h6H,4H2,1-3H3. The Morgan fingerprint density at radius 2 is 2.00 bits per heavy atom. The first kappa shape index (κ1) is 9.14. The lowest BCUT2D eigenvalue weighted by atomic mass is 10.3. The molecule has 0 aliphatic rings.